The van der Waals surface area contributed by atoms with Crippen LogP contribution in [-0.2, 0) is 16.1 Å². The van der Waals surface area contributed by atoms with E-state index >= 15 is 0 Å². The molecule has 1 saturated carbocycles. The Morgan fingerprint density at radius 1 is 1.03 bits per heavy atom. The zero-order valence-electron chi connectivity index (χ0n) is 17.7. The van der Waals surface area contributed by atoms with Gasteiger partial charge in [-0.05, 0) is 50.6 Å². The van der Waals surface area contributed by atoms with Crippen LogP contribution in [0.3, 0.4) is 0 Å². The number of para-hydroxylation sites is 1. The van der Waals surface area contributed by atoms with Crippen molar-refractivity contribution < 1.29 is 14.4 Å². The van der Waals surface area contributed by atoms with E-state index in [0.29, 0.717) is 17.8 Å². The number of nitrogens with one attached hydrogen (secondary N) is 2. The van der Waals surface area contributed by atoms with Gasteiger partial charge in [-0.25, -0.2) is 0 Å². The summed E-state index contributed by atoms with van der Waals surface area (Å²) in [4.78, 5) is 43.3. The van der Waals surface area contributed by atoms with Crippen LogP contribution in [-0.4, -0.2) is 28.1 Å². The van der Waals surface area contributed by atoms with Crippen molar-refractivity contribution in [1.29, 1.82) is 0 Å². The maximum Gasteiger partial charge on any atom is 0.225 e. The summed E-state index contributed by atoms with van der Waals surface area (Å²) in [5, 5.41) is 5.76. The van der Waals surface area contributed by atoms with Gasteiger partial charge >= 0.3 is 0 Å². The molecular formula is C23H28N4O3. The predicted octanol–water partition coefficient (Wildman–Crippen LogP) is 2.33. The molecule has 0 radical (unpaired) electrons. The maximum atomic E-state index is 13.4. The molecule has 1 aromatic heterocycles. The average Bonchev–Trinajstić information content (AvgIpc) is 3.33. The van der Waals surface area contributed by atoms with E-state index in [-0.39, 0.29) is 17.6 Å². The Morgan fingerprint density at radius 3 is 2.23 bits per heavy atom. The molecule has 1 aliphatic carbocycles. The van der Waals surface area contributed by atoms with Crippen LogP contribution >= 0.6 is 0 Å². The fourth-order valence-electron chi connectivity index (χ4n) is 3.88. The van der Waals surface area contributed by atoms with Crippen molar-refractivity contribution in [3.8, 4) is 0 Å². The van der Waals surface area contributed by atoms with Crippen molar-refractivity contribution in [2.45, 2.75) is 39.8 Å². The Kier molecular flexibility index (Phi) is 5.65. The van der Waals surface area contributed by atoms with Gasteiger partial charge in [0.15, 0.2) is 5.78 Å². The second-order valence-electron chi connectivity index (χ2n) is 8.97. The standard InChI is InChI=1S/C23H28N4O3/c1-22(2,3)27-21(30)18-17(20(29)26-13-14-9-11-25-12-10-14)23(18,4)19(28)15-7-5-6-8-16(15)24/h5-12,17-18H,13,24H2,1-4H3,(H,26,29)(H,27,30)/t17-,18+,23+/m0/s1. The number of benzene rings is 1. The normalized spacial score (nSPS) is 22.8. The molecule has 3 rings (SSSR count). The molecule has 1 aromatic carbocycles. The van der Waals surface area contributed by atoms with E-state index < -0.39 is 22.8 Å². The molecule has 0 aliphatic heterocycles. The molecule has 4 N–H and O–H groups in total. The summed E-state index contributed by atoms with van der Waals surface area (Å²) in [6, 6.07) is 10.3. The second-order valence-corrected chi connectivity index (χ2v) is 8.97. The van der Waals surface area contributed by atoms with Gasteiger partial charge in [-0.2, -0.15) is 0 Å². The lowest BCUT2D eigenvalue weighted by Gasteiger charge is -2.21. The van der Waals surface area contributed by atoms with Crippen LogP contribution < -0.4 is 16.4 Å². The van der Waals surface area contributed by atoms with Gasteiger partial charge in [0.1, 0.15) is 0 Å². The molecule has 2 aromatic rings. The van der Waals surface area contributed by atoms with Crippen LogP contribution in [0.25, 0.3) is 0 Å². The van der Waals surface area contributed by atoms with Gasteiger partial charge < -0.3 is 16.4 Å². The predicted molar refractivity (Wildman–Crippen MR) is 114 cm³/mol. The first-order valence-electron chi connectivity index (χ1n) is 9.93. The van der Waals surface area contributed by atoms with Crippen LogP contribution in [0.15, 0.2) is 48.8 Å². The number of rotatable bonds is 6. The van der Waals surface area contributed by atoms with Crippen molar-refractivity contribution in [2.24, 2.45) is 17.3 Å². The summed E-state index contributed by atoms with van der Waals surface area (Å²) in [5.41, 5.74) is 5.91. The van der Waals surface area contributed by atoms with Gasteiger partial charge in [-0.15, -0.1) is 0 Å². The fourth-order valence-corrected chi connectivity index (χ4v) is 3.88. The topological polar surface area (TPSA) is 114 Å². The van der Waals surface area contributed by atoms with E-state index in [9.17, 15) is 14.4 Å². The third-order valence-corrected chi connectivity index (χ3v) is 5.49. The molecule has 2 amide bonds. The van der Waals surface area contributed by atoms with E-state index in [1.54, 1.807) is 55.7 Å². The smallest absolute Gasteiger partial charge is 0.225 e. The maximum absolute atomic E-state index is 13.4. The number of nitrogens with zero attached hydrogens (tertiary/aromatic N) is 1. The molecule has 0 unspecified atom stereocenters. The van der Waals surface area contributed by atoms with Gasteiger partial charge in [0.2, 0.25) is 11.8 Å². The lowest BCUT2D eigenvalue weighted by molar-refractivity contribution is -0.128. The minimum absolute atomic E-state index is 0.293. The molecule has 1 aliphatic rings. The minimum atomic E-state index is -1.16. The Labute approximate surface area is 176 Å². The molecule has 1 fully saturated rings. The number of carbonyl (C=O) groups excluding carboxylic acids is 3. The zero-order chi connectivity index (χ0) is 22.1. The number of nitrogens with two attached hydrogens (primary N) is 1. The molecule has 7 nitrogen and oxygen atoms in total. The second kappa shape index (κ2) is 7.89. The van der Waals surface area contributed by atoms with Crippen molar-refractivity contribution in [1.82, 2.24) is 15.6 Å². The minimum Gasteiger partial charge on any atom is -0.398 e. The van der Waals surface area contributed by atoms with Gasteiger partial charge in [0, 0.05) is 35.7 Å². The van der Waals surface area contributed by atoms with Crippen LogP contribution in [0.5, 0.6) is 0 Å². The van der Waals surface area contributed by atoms with Gasteiger partial charge in [-0.1, -0.05) is 19.1 Å². The van der Waals surface area contributed by atoms with Crippen LogP contribution in [0.4, 0.5) is 5.69 Å². The molecule has 30 heavy (non-hydrogen) atoms. The highest BCUT2D eigenvalue weighted by molar-refractivity contribution is 6.14. The van der Waals surface area contributed by atoms with Gasteiger partial charge in [0.25, 0.3) is 0 Å². The van der Waals surface area contributed by atoms with Crippen LogP contribution in [0.1, 0.15) is 43.6 Å². The number of anilines is 1. The first-order valence-corrected chi connectivity index (χ1v) is 9.93. The quantitative estimate of drug-likeness (QED) is 0.501. The van der Waals surface area contributed by atoms with Gasteiger partial charge in [-0.3, -0.25) is 19.4 Å². The highest BCUT2D eigenvalue weighted by atomic mass is 16.2. The summed E-state index contributed by atoms with van der Waals surface area (Å²) >= 11 is 0. The van der Waals surface area contributed by atoms with E-state index in [2.05, 4.69) is 15.6 Å². The third kappa shape index (κ3) is 4.20. The van der Waals surface area contributed by atoms with Crippen LogP contribution in [0.2, 0.25) is 0 Å². The SMILES string of the molecule is CC(C)(C)NC(=O)[C@H]1[C@@H](C(=O)NCc2ccncc2)[C@@]1(C)C(=O)c1ccccc1N. The number of nitrogen functional groups attached to an aromatic ring is 1. The number of Topliss-reactive ketones (excluding diaryl/α,β-unsaturated/α-hetero) is 1. The van der Waals surface area contributed by atoms with E-state index in [4.69, 9.17) is 5.73 Å². The number of ketones is 1. The Bertz CT molecular complexity index is 968. The summed E-state index contributed by atoms with van der Waals surface area (Å²) in [5.74, 6) is -2.46. The monoisotopic (exact) mass is 408 g/mol. The van der Waals surface area contributed by atoms with Crippen LogP contribution in [0, 0.1) is 17.3 Å². The lowest BCUT2D eigenvalue weighted by Crippen LogP contribution is -2.43. The molecule has 0 saturated heterocycles. The summed E-state index contributed by atoms with van der Waals surface area (Å²) < 4.78 is 0. The Morgan fingerprint density at radius 2 is 1.63 bits per heavy atom. The average molecular weight is 409 g/mol. The highest BCUT2D eigenvalue weighted by Crippen LogP contribution is 2.61. The Hall–Kier alpha value is -3.22. The molecule has 0 spiro atoms. The highest BCUT2D eigenvalue weighted by Gasteiger charge is 2.72. The van der Waals surface area contributed by atoms with Crippen molar-refractivity contribution >= 4 is 23.3 Å². The van der Waals surface area contributed by atoms with Crippen molar-refractivity contribution in [3.05, 3.63) is 59.9 Å². The molecule has 0 bridgehead atoms. The van der Waals surface area contributed by atoms with Gasteiger partial charge in [0.05, 0.1) is 17.3 Å². The Balaban J connectivity index is 1.86. The summed E-state index contributed by atoms with van der Waals surface area (Å²) in [6.45, 7) is 7.55. The summed E-state index contributed by atoms with van der Waals surface area (Å²) in [6.07, 6.45) is 3.29. The molecule has 3 atom stereocenters. The number of amides is 2. The van der Waals surface area contributed by atoms with E-state index in [1.807, 2.05) is 20.8 Å². The largest absolute Gasteiger partial charge is 0.398 e. The molecule has 1 heterocycles. The lowest BCUT2D eigenvalue weighted by atomic mass is 9.91. The first-order chi connectivity index (χ1) is 14.1. The zero-order valence-corrected chi connectivity index (χ0v) is 17.7. The number of hydrogen-bond acceptors (Lipinski definition) is 5. The molecule has 158 valence electrons. The summed E-state index contributed by atoms with van der Waals surface area (Å²) in [7, 11) is 0. The van der Waals surface area contributed by atoms with Crippen molar-refractivity contribution in [2.75, 3.05) is 5.73 Å². The van der Waals surface area contributed by atoms with E-state index in [1.165, 1.54) is 0 Å². The van der Waals surface area contributed by atoms with E-state index in [0.717, 1.165) is 5.56 Å². The first kappa shape index (κ1) is 21.5. The number of aromatic nitrogens is 1. The fraction of sp³-hybridized carbons (Fsp3) is 0.391. The number of hydrogen-bond donors (Lipinski definition) is 3. The molecule has 7 heteroatoms. The third-order valence-electron chi connectivity index (χ3n) is 5.49. The number of pyridine rings is 1. The molecular weight excluding hydrogens is 380 g/mol. The van der Waals surface area contributed by atoms with Crippen molar-refractivity contribution in [3.63, 3.8) is 0 Å². The number of carbonyl (C=O) groups is 3.